The third-order valence-corrected chi connectivity index (χ3v) is 3.86. The molecular weight excluding hydrogens is 380 g/mol. The van der Waals surface area contributed by atoms with Crippen LogP contribution in [0.1, 0.15) is 16.8 Å². The Balaban J connectivity index is 2.56. The first-order chi connectivity index (χ1) is 10.9. The maximum absolute atomic E-state index is 12.7. The summed E-state index contributed by atoms with van der Waals surface area (Å²) in [5, 5.41) is 12.2. The minimum absolute atomic E-state index is 0.0322. The number of benzene rings is 1. The monoisotopic (exact) mass is 385 g/mol. The van der Waals surface area contributed by atoms with Crippen molar-refractivity contribution in [3.05, 3.63) is 40.2 Å². The van der Waals surface area contributed by atoms with Crippen LogP contribution >= 0.6 is 23.4 Å². The van der Waals surface area contributed by atoms with Gasteiger partial charge in [0.1, 0.15) is 6.07 Å². The normalized spacial score (nSPS) is 12.3. The van der Waals surface area contributed by atoms with Gasteiger partial charge >= 0.3 is 11.7 Å². The summed E-state index contributed by atoms with van der Waals surface area (Å²) in [7, 11) is 0. The lowest BCUT2D eigenvalue weighted by molar-refractivity contribution is -0.137. The van der Waals surface area contributed by atoms with E-state index in [0.717, 1.165) is 16.9 Å². The first-order valence-electron chi connectivity index (χ1n) is 6.05. The summed E-state index contributed by atoms with van der Waals surface area (Å²) in [6.07, 6.45) is -3.72. The zero-order valence-corrected chi connectivity index (χ0v) is 13.2. The molecule has 2 aromatic rings. The summed E-state index contributed by atoms with van der Waals surface area (Å²) in [5.74, 6) is 0. The fourth-order valence-electron chi connectivity index (χ4n) is 1.94. The van der Waals surface area contributed by atoms with Gasteiger partial charge in [0.25, 0.3) is 0 Å². The minimum atomic E-state index is -4.64. The topological polar surface area (TPSA) is 41.6 Å². The van der Waals surface area contributed by atoms with Crippen molar-refractivity contribution >= 4 is 23.4 Å². The number of halogens is 7. The van der Waals surface area contributed by atoms with Crippen LogP contribution in [0.2, 0.25) is 5.02 Å². The van der Waals surface area contributed by atoms with Crippen LogP contribution in [0.5, 0.6) is 0 Å². The molecule has 24 heavy (non-hydrogen) atoms. The largest absolute Gasteiger partial charge is 0.446 e. The van der Waals surface area contributed by atoms with E-state index in [1.54, 1.807) is 0 Å². The average Bonchev–Trinajstić information content (AvgIpc) is 2.77. The third kappa shape index (κ3) is 3.96. The average molecular weight is 386 g/mol. The molecule has 0 aliphatic rings. The maximum atomic E-state index is 12.7. The lowest BCUT2D eigenvalue weighted by Gasteiger charge is -2.13. The first-order valence-corrected chi connectivity index (χ1v) is 7.25. The highest BCUT2D eigenvalue weighted by molar-refractivity contribution is 8.00. The van der Waals surface area contributed by atoms with Gasteiger partial charge in [0.15, 0.2) is 5.69 Å². The highest BCUT2D eigenvalue weighted by atomic mass is 35.5. The van der Waals surface area contributed by atoms with Gasteiger partial charge in [-0.15, -0.1) is 0 Å². The van der Waals surface area contributed by atoms with E-state index in [2.05, 4.69) is 5.10 Å². The Kier molecular flexibility index (Phi) is 4.79. The van der Waals surface area contributed by atoms with Crippen molar-refractivity contribution in [2.75, 3.05) is 0 Å². The molecule has 2 rings (SSSR count). The number of thioether (sulfide) groups is 1. The molecule has 0 saturated carbocycles. The van der Waals surface area contributed by atoms with Crippen LogP contribution in [0.4, 0.5) is 26.3 Å². The summed E-state index contributed by atoms with van der Waals surface area (Å²) in [6, 6.07) is 2.95. The van der Waals surface area contributed by atoms with Gasteiger partial charge in [-0.1, -0.05) is 11.6 Å². The van der Waals surface area contributed by atoms with Crippen LogP contribution < -0.4 is 0 Å². The molecule has 0 bridgehead atoms. The molecule has 0 N–H and O–H groups in total. The van der Waals surface area contributed by atoms with Crippen LogP contribution in [0.3, 0.4) is 0 Å². The molecule has 0 aliphatic carbocycles. The van der Waals surface area contributed by atoms with Gasteiger partial charge in [-0.3, -0.25) is 0 Å². The minimum Gasteiger partial charge on any atom is -0.237 e. The van der Waals surface area contributed by atoms with E-state index in [1.165, 1.54) is 13.0 Å². The van der Waals surface area contributed by atoms with E-state index in [9.17, 15) is 26.3 Å². The molecule has 0 aliphatic heterocycles. The predicted octanol–water partition coefficient (Wildman–Crippen LogP) is 5.34. The number of nitriles is 1. The molecule has 0 saturated heterocycles. The molecule has 0 radical (unpaired) electrons. The smallest absolute Gasteiger partial charge is 0.237 e. The quantitative estimate of drug-likeness (QED) is 0.518. The molecule has 3 nitrogen and oxygen atoms in total. The van der Waals surface area contributed by atoms with Crippen LogP contribution in [-0.4, -0.2) is 15.3 Å². The second-order valence-corrected chi connectivity index (χ2v) is 6.08. The van der Waals surface area contributed by atoms with E-state index in [-0.39, 0.29) is 16.3 Å². The Morgan fingerprint density at radius 2 is 1.83 bits per heavy atom. The molecule has 11 heteroatoms. The second kappa shape index (κ2) is 6.22. The predicted molar refractivity (Wildman–Crippen MR) is 74.9 cm³/mol. The summed E-state index contributed by atoms with van der Waals surface area (Å²) in [6.45, 7) is 1.31. The van der Waals surface area contributed by atoms with E-state index in [4.69, 9.17) is 16.9 Å². The third-order valence-electron chi connectivity index (χ3n) is 2.82. The Labute approximate surface area is 140 Å². The number of aryl methyl sites for hydroxylation is 1. The number of rotatable bonds is 2. The lowest BCUT2D eigenvalue weighted by Crippen LogP contribution is -2.08. The molecule has 0 atom stereocenters. The fourth-order valence-corrected chi connectivity index (χ4v) is 2.88. The van der Waals surface area contributed by atoms with Crippen molar-refractivity contribution in [1.82, 2.24) is 9.78 Å². The van der Waals surface area contributed by atoms with Gasteiger partial charge in [-0.25, -0.2) is 4.68 Å². The zero-order valence-electron chi connectivity index (χ0n) is 11.6. The molecule has 0 unspecified atom stereocenters. The van der Waals surface area contributed by atoms with E-state index >= 15 is 0 Å². The van der Waals surface area contributed by atoms with Crippen LogP contribution in [0.15, 0.2) is 23.2 Å². The summed E-state index contributed by atoms with van der Waals surface area (Å²) < 4.78 is 76.5. The van der Waals surface area contributed by atoms with Crippen molar-refractivity contribution < 1.29 is 26.3 Å². The molecule has 1 aromatic carbocycles. The summed E-state index contributed by atoms with van der Waals surface area (Å²) >= 11 is 5.30. The van der Waals surface area contributed by atoms with Crippen molar-refractivity contribution in [3.63, 3.8) is 0 Å². The van der Waals surface area contributed by atoms with Crippen molar-refractivity contribution in [2.24, 2.45) is 0 Å². The van der Waals surface area contributed by atoms with Crippen molar-refractivity contribution in [1.29, 1.82) is 5.26 Å². The molecule has 0 fully saturated rings. The van der Waals surface area contributed by atoms with Gasteiger partial charge in [0, 0.05) is 6.20 Å². The van der Waals surface area contributed by atoms with E-state index in [0.29, 0.717) is 6.07 Å². The Hall–Kier alpha value is -1.86. The highest BCUT2D eigenvalue weighted by Crippen LogP contribution is 2.40. The summed E-state index contributed by atoms with van der Waals surface area (Å²) in [5.41, 5.74) is -6.13. The van der Waals surface area contributed by atoms with Gasteiger partial charge in [-0.2, -0.15) is 36.7 Å². The van der Waals surface area contributed by atoms with Gasteiger partial charge in [-0.05, 0) is 36.4 Å². The van der Waals surface area contributed by atoms with Gasteiger partial charge in [0.05, 0.1) is 21.2 Å². The molecule has 1 heterocycles. The highest BCUT2D eigenvalue weighted by Gasteiger charge is 2.33. The fraction of sp³-hybridized carbons (Fsp3) is 0.231. The molecule has 1 aromatic heterocycles. The van der Waals surface area contributed by atoms with E-state index < -0.39 is 39.6 Å². The number of nitrogens with zero attached hydrogens (tertiary/aromatic N) is 3. The zero-order chi connectivity index (χ0) is 18.3. The Bertz CT molecular complexity index is 796. The number of hydrogen-bond donors (Lipinski definition) is 0. The summed E-state index contributed by atoms with van der Waals surface area (Å²) in [4.78, 5) is -0.472. The molecular formula is C13H6ClF6N3S. The van der Waals surface area contributed by atoms with Crippen LogP contribution in [0.25, 0.3) is 5.69 Å². The van der Waals surface area contributed by atoms with E-state index in [1.807, 2.05) is 0 Å². The second-order valence-electron chi connectivity index (χ2n) is 4.57. The van der Waals surface area contributed by atoms with Gasteiger partial charge in [0.2, 0.25) is 0 Å². The van der Waals surface area contributed by atoms with Crippen LogP contribution in [0, 0.1) is 18.3 Å². The van der Waals surface area contributed by atoms with Crippen LogP contribution in [-0.2, 0) is 6.18 Å². The van der Waals surface area contributed by atoms with Crippen molar-refractivity contribution in [3.8, 4) is 11.8 Å². The standard InChI is InChI=1S/C13H6ClF6N3S/c1-6-2-7(12(15,16)17)3-8(14)11(6)23-5-10(9(4-21)22-23)24-13(18,19)20/h2-3,5H,1H3. The number of aromatic nitrogens is 2. The Morgan fingerprint density at radius 3 is 2.29 bits per heavy atom. The van der Waals surface area contributed by atoms with Crippen molar-refractivity contribution in [2.45, 2.75) is 23.5 Å². The number of alkyl halides is 6. The Morgan fingerprint density at radius 1 is 1.21 bits per heavy atom. The lowest BCUT2D eigenvalue weighted by atomic mass is 10.1. The molecule has 0 amide bonds. The van der Waals surface area contributed by atoms with Gasteiger partial charge < -0.3 is 0 Å². The maximum Gasteiger partial charge on any atom is 0.446 e. The SMILES string of the molecule is Cc1cc(C(F)(F)F)cc(Cl)c1-n1cc(SC(F)(F)F)c(C#N)n1. The number of hydrogen-bond acceptors (Lipinski definition) is 3. The molecule has 128 valence electrons. The molecule has 0 spiro atoms. The first kappa shape index (κ1) is 18.5.